The van der Waals surface area contributed by atoms with Gasteiger partial charge in [-0.25, -0.2) is 0 Å². The Labute approximate surface area is 136 Å². The van der Waals surface area contributed by atoms with Crippen molar-refractivity contribution in [1.82, 2.24) is 5.32 Å². The van der Waals surface area contributed by atoms with Crippen LogP contribution < -0.4 is 16.0 Å². The molecule has 0 bridgehead atoms. The van der Waals surface area contributed by atoms with E-state index in [2.05, 4.69) is 11.4 Å². The van der Waals surface area contributed by atoms with Crippen LogP contribution in [0.1, 0.15) is 0 Å². The average molecular weight is 340 g/mol. The molecule has 1 aromatic carbocycles. The number of nitrogens with one attached hydrogen (secondary N) is 1. The van der Waals surface area contributed by atoms with Gasteiger partial charge in [0.2, 0.25) is 0 Å². The number of benzene rings is 1. The van der Waals surface area contributed by atoms with E-state index in [0.29, 0.717) is 38.7 Å². The van der Waals surface area contributed by atoms with Crippen LogP contribution in [0, 0.1) is 11.3 Å². The van der Waals surface area contributed by atoms with Crippen molar-refractivity contribution in [2.45, 2.75) is 0 Å². The molecule has 3 rings (SSSR count). The Kier molecular flexibility index (Phi) is 3.50. The summed E-state index contributed by atoms with van der Waals surface area (Å²) < 4.78 is 0. The largest absolute Gasteiger partial charge is 0.384 e. The number of halogens is 3. The molecule has 2 heterocycles. The Morgan fingerprint density at radius 3 is 2.52 bits per heavy atom. The predicted octanol–water partition coefficient (Wildman–Crippen LogP) is 3.53. The van der Waals surface area contributed by atoms with Gasteiger partial charge in [-0.1, -0.05) is 34.8 Å². The smallest absolute Gasteiger partial charge is 0.119 e. The lowest BCUT2D eigenvalue weighted by molar-refractivity contribution is 0.962. The van der Waals surface area contributed by atoms with Crippen LogP contribution in [-0.2, 0) is 0 Å². The van der Waals surface area contributed by atoms with Gasteiger partial charge in [0, 0.05) is 29.5 Å². The third-order valence-electron chi connectivity index (χ3n) is 3.29. The van der Waals surface area contributed by atoms with E-state index in [4.69, 9.17) is 40.5 Å². The molecule has 0 unspecified atom stereocenters. The normalized spacial score (nSPS) is 17.0. The van der Waals surface area contributed by atoms with Gasteiger partial charge in [0.1, 0.15) is 17.5 Å². The number of dihydropyridines is 1. The Morgan fingerprint density at radius 2 is 1.90 bits per heavy atom. The van der Waals surface area contributed by atoms with E-state index in [1.165, 1.54) is 0 Å². The minimum atomic E-state index is 0.336. The molecule has 0 radical (unpaired) electrons. The van der Waals surface area contributed by atoms with Gasteiger partial charge in [-0.2, -0.15) is 5.26 Å². The molecule has 7 heteroatoms. The van der Waals surface area contributed by atoms with Crippen molar-refractivity contribution in [3.05, 3.63) is 62.1 Å². The summed E-state index contributed by atoms with van der Waals surface area (Å²) in [5.41, 5.74) is 8.57. The molecule has 0 saturated heterocycles. The summed E-state index contributed by atoms with van der Waals surface area (Å²) in [6.07, 6.45) is 3.60. The van der Waals surface area contributed by atoms with Crippen LogP contribution in [0.2, 0.25) is 15.1 Å². The number of hydrogen-bond donors (Lipinski definition) is 2. The molecular formula is C14H9Cl3N4. The zero-order valence-corrected chi connectivity index (χ0v) is 12.9. The van der Waals surface area contributed by atoms with Crippen LogP contribution in [0.4, 0.5) is 5.69 Å². The molecule has 2 aliphatic heterocycles. The van der Waals surface area contributed by atoms with Gasteiger partial charge in [-0.3, -0.25) is 0 Å². The van der Waals surface area contributed by atoms with E-state index in [1.807, 2.05) is 11.1 Å². The summed E-state index contributed by atoms with van der Waals surface area (Å²) in [5.74, 6) is 0.336. The minimum Gasteiger partial charge on any atom is -0.384 e. The van der Waals surface area contributed by atoms with Crippen molar-refractivity contribution >= 4 is 40.5 Å². The lowest BCUT2D eigenvalue weighted by Gasteiger charge is -2.19. The van der Waals surface area contributed by atoms with Gasteiger partial charge in [0.15, 0.2) is 0 Å². The molecule has 106 valence electrons. The molecule has 0 amide bonds. The first-order chi connectivity index (χ1) is 10.0. The predicted molar refractivity (Wildman–Crippen MR) is 84.9 cm³/mol. The molecule has 4 nitrogen and oxygen atoms in total. The van der Waals surface area contributed by atoms with Crippen molar-refractivity contribution in [2.24, 2.45) is 5.73 Å². The number of nitriles is 1. The van der Waals surface area contributed by atoms with Crippen molar-refractivity contribution < 1.29 is 0 Å². The molecule has 0 saturated carbocycles. The number of rotatable bonds is 1. The molecule has 0 aliphatic carbocycles. The van der Waals surface area contributed by atoms with Crippen LogP contribution in [0.3, 0.4) is 0 Å². The minimum absolute atomic E-state index is 0.336. The number of anilines is 1. The first-order valence-corrected chi connectivity index (χ1v) is 7.14. The fraction of sp³-hybridized carbons (Fsp3) is 0.0714. The van der Waals surface area contributed by atoms with Crippen LogP contribution in [-0.4, -0.2) is 6.54 Å². The zero-order valence-electron chi connectivity index (χ0n) is 10.6. The van der Waals surface area contributed by atoms with Crippen molar-refractivity contribution in [3.63, 3.8) is 0 Å². The van der Waals surface area contributed by atoms with E-state index < -0.39 is 0 Å². The summed E-state index contributed by atoms with van der Waals surface area (Å²) in [6, 6.07) is 5.37. The molecule has 0 aromatic heterocycles. The highest BCUT2D eigenvalue weighted by atomic mass is 35.5. The Hall–Kier alpha value is -1.80. The fourth-order valence-corrected chi connectivity index (χ4v) is 3.39. The monoisotopic (exact) mass is 338 g/mol. The number of nitrogens with two attached hydrogens (primary N) is 1. The standard InChI is InChI=1S/C14H9Cl3N4/c15-8-1-11(16)13(12(17)2-8)21-5-7-4-20-14(19)9(3-18)10(7)6-21/h1-2,4,6,20H,5,19H2. The van der Waals surface area contributed by atoms with Crippen LogP contribution in [0.5, 0.6) is 0 Å². The van der Waals surface area contributed by atoms with Crippen LogP contribution >= 0.6 is 34.8 Å². The Morgan fingerprint density at radius 1 is 1.24 bits per heavy atom. The summed E-state index contributed by atoms with van der Waals surface area (Å²) >= 11 is 18.4. The second kappa shape index (κ2) is 5.19. The summed E-state index contributed by atoms with van der Waals surface area (Å²) in [6.45, 7) is 0.544. The van der Waals surface area contributed by atoms with Gasteiger partial charge in [0.25, 0.3) is 0 Å². The SMILES string of the molecule is N#CC1=C(N)NC=C2CN(c3c(Cl)cc(Cl)cc3Cl)C=C21. The number of hydrogen-bond acceptors (Lipinski definition) is 4. The maximum absolute atomic E-state index is 9.23. The van der Waals surface area contributed by atoms with E-state index in [1.54, 1.807) is 18.3 Å². The highest BCUT2D eigenvalue weighted by Crippen LogP contribution is 2.41. The molecule has 3 N–H and O–H groups in total. The van der Waals surface area contributed by atoms with E-state index in [0.717, 1.165) is 11.1 Å². The number of allylic oxidation sites excluding steroid dienone is 1. The average Bonchev–Trinajstić information content (AvgIpc) is 2.81. The summed E-state index contributed by atoms with van der Waals surface area (Å²) in [7, 11) is 0. The lowest BCUT2D eigenvalue weighted by atomic mass is 10.0. The maximum Gasteiger partial charge on any atom is 0.119 e. The van der Waals surface area contributed by atoms with Gasteiger partial charge >= 0.3 is 0 Å². The van der Waals surface area contributed by atoms with Crippen molar-refractivity contribution in [2.75, 3.05) is 11.4 Å². The quantitative estimate of drug-likeness (QED) is 0.821. The zero-order chi connectivity index (χ0) is 15.1. The summed E-state index contributed by atoms with van der Waals surface area (Å²) in [5, 5.41) is 13.5. The van der Waals surface area contributed by atoms with Gasteiger partial charge in [-0.05, 0) is 17.7 Å². The molecule has 0 fully saturated rings. The van der Waals surface area contributed by atoms with Crippen LogP contribution in [0.15, 0.2) is 47.1 Å². The highest BCUT2D eigenvalue weighted by molar-refractivity contribution is 6.41. The number of fused-ring (bicyclic) bond motifs is 1. The van der Waals surface area contributed by atoms with Crippen molar-refractivity contribution in [1.29, 1.82) is 5.26 Å². The van der Waals surface area contributed by atoms with Gasteiger partial charge in [0.05, 0.1) is 15.7 Å². The van der Waals surface area contributed by atoms with E-state index in [-0.39, 0.29) is 0 Å². The van der Waals surface area contributed by atoms with E-state index in [9.17, 15) is 5.26 Å². The Balaban J connectivity index is 2.08. The van der Waals surface area contributed by atoms with Crippen LogP contribution in [0.25, 0.3) is 0 Å². The first kappa shape index (κ1) is 14.2. The first-order valence-electron chi connectivity index (χ1n) is 6.00. The summed E-state index contributed by atoms with van der Waals surface area (Å²) in [4.78, 5) is 1.87. The van der Waals surface area contributed by atoms with Gasteiger partial charge < -0.3 is 16.0 Å². The Bertz CT molecular complexity index is 748. The second-order valence-electron chi connectivity index (χ2n) is 4.60. The highest BCUT2D eigenvalue weighted by Gasteiger charge is 2.28. The second-order valence-corrected chi connectivity index (χ2v) is 5.85. The lowest BCUT2D eigenvalue weighted by Crippen LogP contribution is -2.22. The number of nitrogens with zero attached hydrogens (tertiary/aromatic N) is 2. The molecule has 21 heavy (non-hydrogen) atoms. The molecule has 2 aliphatic rings. The maximum atomic E-state index is 9.23. The molecule has 0 atom stereocenters. The van der Waals surface area contributed by atoms with E-state index >= 15 is 0 Å². The fourth-order valence-electron chi connectivity index (χ4n) is 2.36. The third-order valence-corrected chi connectivity index (χ3v) is 4.09. The van der Waals surface area contributed by atoms with Gasteiger partial charge in [-0.15, -0.1) is 0 Å². The van der Waals surface area contributed by atoms with Crippen molar-refractivity contribution in [3.8, 4) is 6.07 Å². The molecule has 0 spiro atoms. The topological polar surface area (TPSA) is 65.1 Å². The molecular weight excluding hydrogens is 331 g/mol. The molecule has 1 aromatic rings. The third kappa shape index (κ3) is 2.34.